The largest absolute Gasteiger partial charge is 0.370 e. The van der Waals surface area contributed by atoms with Gasteiger partial charge in [-0.15, -0.1) is 0 Å². The standard InChI is InChI=1S/C41H71N11O4/c1-2-3-4-5-6-7-8-9-10-11-12-13-14-15-16-25-36(53)50-33(23-19-26-47-40(43)44)38(55)51-34(24-20-27-48-41(45)46)39(56)52-35(37(42)54)28-30-29-49-32-22-18-17-21-31(30)32/h17-18,21-22,29,33-35,49H,2-16,19-20,23-28H2,1H3,(H2,42,54)(H,50,53)(H,51,55)(H,52,56)(H4,43,44,47)(H4,45,46,48)/t33-,34-,35-/m0/s1. The lowest BCUT2D eigenvalue weighted by Gasteiger charge is -2.25. The van der Waals surface area contributed by atoms with Crippen molar-refractivity contribution in [1.82, 2.24) is 20.9 Å². The van der Waals surface area contributed by atoms with Crippen molar-refractivity contribution in [2.45, 2.75) is 160 Å². The summed E-state index contributed by atoms with van der Waals surface area (Å²) in [6, 6.07) is 4.52. The normalized spacial score (nSPS) is 12.7. The quantitative estimate of drug-likeness (QED) is 0.0296. The third-order valence-corrected chi connectivity index (χ3v) is 9.94. The highest BCUT2D eigenvalue weighted by atomic mass is 16.2. The second-order valence-corrected chi connectivity index (χ2v) is 14.8. The number of carbonyl (C=O) groups is 4. The van der Waals surface area contributed by atoms with Gasteiger partial charge in [-0.3, -0.25) is 29.2 Å². The second-order valence-electron chi connectivity index (χ2n) is 14.8. The maximum Gasteiger partial charge on any atom is 0.243 e. The lowest BCUT2D eigenvalue weighted by atomic mass is 10.0. The molecule has 1 aromatic carbocycles. The minimum Gasteiger partial charge on any atom is -0.370 e. The zero-order valence-electron chi connectivity index (χ0n) is 33.8. The number of nitrogens with zero attached hydrogens (tertiary/aromatic N) is 2. The smallest absolute Gasteiger partial charge is 0.243 e. The summed E-state index contributed by atoms with van der Waals surface area (Å²) >= 11 is 0. The molecule has 2 aromatic rings. The van der Waals surface area contributed by atoms with E-state index in [0.717, 1.165) is 35.7 Å². The SMILES string of the molecule is CCCCCCCCCCCCCCCCCC(=O)N[C@@H](CCCN=C(N)N)C(=O)N[C@@H](CCCN=C(N)N)C(=O)N[C@@H](Cc1c[nH]c2ccccc12)C(N)=O. The summed E-state index contributed by atoms with van der Waals surface area (Å²) in [7, 11) is 0. The molecule has 0 aliphatic heterocycles. The Morgan fingerprint density at radius 2 is 1.07 bits per heavy atom. The van der Waals surface area contributed by atoms with Gasteiger partial charge in [0.1, 0.15) is 18.1 Å². The van der Waals surface area contributed by atoms with Gasteiger partial charge in [-0.25, -0.2) is 0 Å². The number of rotatable bonds is 32. The molecule has 0 bridgehead atoms. The molecule has 0 fully saturated rings. The Labute approximate surface area is 333 Å². The van der Waals surface area contributed by atoms with Gasteiger partial charge in [-0.1, -0.05) is 115 Å². The minimum atomic E-state index is -1.07. The van der Waals surface area contributed by atoms with Gasteiger partial charge in [0.05, 0.1) is 0 Å². The number of unbranched alkanes of at least 4 members (excludes halogenated alkanes) is 14. The molecule has 4 amide bonds. The van der Waals surface area contributed by atoms with Gasteiger partial charge in [0.25, 0.3) is 0 Å². The Kier molecular flexibility index (Phi) is 24.1. The maximum atomic E-state index is 13.7. The molecule has 15 heteroatoms. The predicted octanol–water partition coefficient (Wildman–Crippen LogP) is 4.02. The number of benzene rings is 1. The third-order valence-electron chi connectivity index (χ3n) is 9.94. The molecule has 0 radical (unpaired) electrons. The van der Waals surface area contributed by atoms with Gasteiger partial charge < -0.3 is 49.6 Å². The number of fused-ring (bicyclic) bond motifs is 1. The third kappa shape index (κ3) is 20.7. The highest BCUT2D eigenvalue weighted by Crippen LogP contribution is 2.19. The molecule has 0 unspecified atom stereocenters. The Morgan fingerprint density at radius 1 is 0.607 bits per heavy atom. The number of primary amides is 1. The monoisotopic (exact) mass is 782 g/mol. The molecule has 3 atom stereocenters. The molecule has 14 N–H and O–H groups in total. The number of nitrogens with one attached hydrogen (secondary N) is 4. The summed E-state index contributed by atoms with van der Waals surface area (Å²) in [5, 5.41) is 9.29. The van der Waals surface area contributed by atoms with E-state index >= 15 is 0 Å². The lowest BCUT2D eigenvalue weighted by molar-refractivity contribution is -0.133. The zero-order valence-corrected chi connectivity index (χ0v) is 33.8. The molecule has 15 nitrogen and oxygen atoms in total. The van der Waals surface area contributed by atoms with Crippen LogP contribution in [0.4, 0.5) is 0 Å². The van der Waals surface area contributed by atoms with E-state index in [-0.39, 0.29) is 56.6 Å². The van der Waals surface area contributed by atoms with Crippen molar-refractivity contribution in [3.8, 4) is 0 Å². The van der Waals surface area contributed by atoms with E-state index in [2.05, 4.69) is 37.8 Å². The summed E-state index contributed by atoms with van der Waals surface area (Å²) in [6.07, 6.45) is 21.7. The summed E-state index contributed by atoms with van der Waals surface area (Å²) in [5.74, 6) is -2.29. The number of para-hydroxylation sites is 1. The van der Waals surface area contributed by atoms with Crippen molar-refractivity contribution in [2.24, 2.45) is 38.7 Å². The summed E-state index contributed by atoms with van der Waals surface area (Å²) in [5.41, 5.74) is 29.3. The van der Waals surface area contributed by atoms with Gasteiger partial charge in [0, 0.05) is 43.0 Å². The van der Waals surface area contributed by atoms with Crippen molar-refractivity contribution < 1.29 is 19.2 Å². The average Bonchev–Trinajstić information content (AvgIpc) is 3.57. The highest BCUT2D eigenvalue weighted by molar-refractivity contribution is 5.94. The lowest BCUT2D eigenvalue weighted by Crippen LogP contribution is -2.56. The number of nitrogens with two attached hydrogens (primary N) is 5. The maximum absolute atomic E-state index is 13.7. The van der Waals surface area contributed by atoms with Crippen LogP contribution in [0.3, 0.4) is 0 Å². The average molecular weight is 782 g/mol. The van der Waals surface area contributed by atoms with Crippen molar-refractivity contribution in [3.63, 3.8) is 0 Å². The van der Waals surface area contributed by atoms with Gasteiger partial charge in [-0.2, -0.15) is 0 Å². The highest BCUT2D eigenvalue weighted by Gasteiger charge is 2.29. The van der Waals surface area contributed by atoms with E-state index in [0.29, 0.717) is 19.3 Å². The molecular formula is C41H71N11O4. The zero-order chi connectivity index (χ0) is 41.0. The molecular weight excluding hydrogens is 711 g/mol. The number of carbonyl (C=O) groups excluding carboxylic acids is 4. The first-order chi connectivity index (χ1) is 27.0. The summed E-state index contributed by atoms with van der Waals surface area (Å²) in [6.45, 7) is 2.73. The van der Waals surface area contributed by atoms with Crippen LogP contribution in [0, 0.1) is 0 Å². The van der Waals surface area contributed by atoms with E-state index in [1.54, 1.807) is 6.20 Å². The minimum absolute atomic E-state index is 0.0719. The second kappa shape index (κ2) is 28.6. The number of aromatic nitrogens is 1. The van der Waals surface area contributed by atoms with Gasteiger partial charge in [0.15, 0.2) is 11.9 Å². The van der Waals surface area contributed by atoms with Crippen LogP contribution in [0.5, 0.6) is 0 Å². The van der Waals surface area contributed by atoms with Gasteiger partial charge >= 0.3 is 0 Å². The molecule has 0 aliphatic rings. The van der Waals surface area contributed by atoms with Crippen molar-refractivity contribution in [2.75, 3.05) is 13.1 Å². The summed E-state index contributed by atoms with van der Waals surface area (Å²) < 4.78 is 0. The van der Waals surface area contributed by atoms with Crippen molar-refractivity contribution >= 4 is 46.5 Å². The molecule has 1 heterocycles. The molecule has 0 aliphatic carbocycles. The van der Waals surface area contributed by atoms with E-state index < -0.39 is 35.8 Å². The number of H-pyrrole nitrogens is 1. The molecule has 0 saturated carbocycles. The van der Waals surface area contributed by atoms with Crippen LogP contribution in [0.2, 0.25) is 0 Å². The number of guanidine groups is 2. The number of hydrogen-bond acceptors (Lipinski definition) is 6. The van der Waals surface area contributed by atoms with E-state index in [1.165, 1.54) is 70.6 Å². The van der Waals surface area contributed by atoms with E-state index in [1.807, 2.05) is 24.3 Å². The molecule has 0 saturated heterocycles. The van der Waals surface area contributed by atoms with Crippen LogP contribution in [0.25, 0.3) is 10.9 Å². The van der Waals surface area contributed by atoms with E-state index in [9.17, 15) is 19.2 Å². The van der Waals surface area contributed by atoms with Crippen LogP contribution in [-0.2, 0) is 25.6 Å². The first-order valence-electron chi connectivity index (χ1n) is 20.9. The Bertz CT molecular complexity index is 1500. The predicted molar refractivity (Wildman–Crippen MR) is 226 cm³/mol. The first kappa shape index (κ1) is 47.3. The van der Waals surface area contributed by atoms with Gasteiger partial charge in [0.2, 0.25) is 23.6 Å². The molecule has 1 aromatic heterocycles. The van der Waals surface area contributed by atoms with Crippen molar-refractivity contribution in [1.29, 1.82) is 0 Å². The fourth-order valence-corrected chi connectivity index (χ4v) is 6.76. The fraction of sp³-hybridized carbons (Fsp3) is 0.659. The van der Waals surface area contributed by atoms with Crippen LogP contribution >= 0.6 is 0 Å². The van der Waals surface area contributed by atoms with Crippen LogP contribution in [0.1, 0.15) is 141 Å². The summed E-state index contributed by atoms with van der Waals surface area (Å²) in [4.78, 5) is 64.2. The van der Waals surface area contributed by atoms with Gasteiger partial charge in [-0.05, 0) is 43.7 Å². The Balaban J connectivity index is 1.94. The number of amides is 4. The Morgan fingerprint density at radius 3 is 1.57 bits per heavy atom. The Hall–Kier alpha value is -4.82. The molecule has 314 valence electrons. The molecule has 2 rings (SSSR count). The first-order valence-corrected chi connectivity index (χ1v) is 20.9. The van der Waals surface area contributed by atoms with Crippen LogP contribution in [0.15, 0.2) is 40.4 Å². The van der Waals surface area contributed by atoms with Crippen LogP contribution in [-0.4, -0.2) is 71.7 Å². The van der Waals surface area contributed by atoms with E-state index in [4.69, 9.17) is 28.7 Å². The van der Waals surface area contributed by atoms with Crippen LogP contribution < -0.4 is 44.6 Å². The molecule has 56 heavy (non-hydrogen) atoms. The topological polar surface area (TPSA) is 275 Å². The number of aromatic amines is 1. The fourth-order valence-electron chi connectivity index (χ4n) is 6.76. The molecule has 0 spiro atoms. The van der Waals surface area contributed by atoms with Crippen molar-refractivity contribution in [3.05, 3.63) is 36.0 Å². The number of aliphatic imine (C=N–C) groups is 2. The number of hydrogen-bond donors (Lipinski definition) is 9.